The van der Waals surface area contributed by atoms with Crippen molar-refractivity contribution in [1.29, 1.82) is 0 Å². The summed E-state index contributed by atoms with van der Waals surface area (Å²) in [6.45, 7) is 3.24. The highest BCUT2D eigenvalue weighted by Gasteiger charge is 2.16. The molecule has 0 aromatic heterocycles. The Balaban J connectivity index is 2.27. The van der Waals surface area contributed by atoms with E-state index < -0.39 is 0 Å². The van der Waals surface area contributed by atoms with Gasteiger partial charge in [0.05, 0.1) is 0 Å². The fourth-order valence-corrected chi connectivity index (χ4v) is 3.07. The van der Waals surface area contributed by atoms with E-state index in [1.165, 1.54) is 29.1 Å². The van der Waals surface area contributed by atoms with E-state index in [-0.39, 0.29) is 0 Å². The number of hydrogen-bond acceptors (Lipinski definition) is 2. The van der Waals surface area contributed by atoms with Crippen LogP contribution in [-0.4, -0.2) is 12.3 Å². The summed E-state index contributed by atoms with van der Waals surface area (Å²) in [5.41, 5.74) is 1.50. The first kappa shape index (κ1) is 10.1. The molecule has 1 aromatic carbocycles. The topological polar surface area (TPSA) is 12.0 Å². The minimum Gasteiger partial charge on any atom is -0.310 e. The lowest BCUT2D eigenvalue weighted by atomic mass is 10.0. The van der Waals surface area contributed by atoms with Gasteiger partial charge in [-0.3, -0.25) is 0 Å². The summed E-state index contributed by atoms with van der Waals surface area (Å²) in [7, 11) is 0. The van der Waals surface area contributed by atoms with Crippen molar-refractivity contribution in [1.82, 2.24) is 5.32 Å². The van der Waals surface area contributed by atoms with Crippen LogP contribution in [0.5, 0.6) is 0 Å². The third-order valence-electron chi connectivity index (χ3n) is 2.64. The molecule has 0 saturated heterocycles. The van der Waals surface area contributed by atoms with Crippen LogP contribution in [0.25, 0.3) is 0 Å². The normalized spacial score (nSPS) is 21.4. The predicted octanol–water partition coefficient (Wildman–Crippen LogP) is 3.22. The monoisotopic (exact) mass is 207 g/mol. The number of hydrogen-bond donors (Lipinski definition) is 1. The van der Waals surface area contributed by atoms with Crippen LogP contribution in [0.4, 0.5) is 0 Å². The molecule has 0 saturated carbocycles. The Morgan fingerprint density at radius 1 is 1.43 bits per heavy atom. The molecule has 1 heterocycles. The van der Waals surface area contributed by atoms with Gasteiger partial charge in [0.25, 0.3) is 0 Å². The maximum Gasteiger partial charge on any atom is 0.0331 e. The van der Waals surface area contributed by atoms with Crippen LogP contribution in [0.3, 0.4) is 0 Å². The Labute approximate surface area is 90.3 Å². The van der Waals surface area contributed by atoms with Crippen molar-refractivity contribution in [3.63, 3.8) is 0 Å². The Morgan fingerprint density at radius 2 is 2.29 bits per heavy atom. The van der Waals surface area contributed by atoms with Crippen molar-refractivity contribution in [3.05, 3.63) is 29.8 Å². The van der Waals surface area contributed by atoms with Gasteiger partial charge in [0, 0.05) is 10.9 Å². The van der Waals surface area contributed by atoms with Crippen molar-refractivity contribution in [3.8, 4) is 0 Å². The molecule has 1 aliphatic heterocycles. The molecule has 1 unspecified atom stereocenters. The zero-order valence-electron chi connectivity index (χ0n) is 8.62. The van der Waals surface area contributed by atoms with Gasteiger partial charge in [-0.2, -0.15) is 0 Å². The molecule has 1 aliphatic rings. The molecule has 1 N–H and O–H groups in total. The molecule has 14 heavy (non-hydrogen) atoms. The molecule has 0 radical (unpaired) electrons. The second kappa shape index (κ2) is 4.85. The van der Waals surface area contributed by atoms with Crippen LogP contribution < -0.4 is 5.32 Å². The number of nitrogens with one attached hydrogen (secondary N) is 1. The third-order valence-corrected chi connectivity index (χ3v) is 3.82. The van der Waals surface area contributed by atoms with Crippen LogP contribution in [0.1, 0.15) is 31.4 Å². The van der Waals surface area contributed by atoms with Crippen molar-refractivity contribution in [2.75, 3.05) is 12.3 Å². The van der Waals surface area contributed by atoms with E-state index in [9.17, 15) is 0 Å². The lowest BCUT2D eigenvalue weighted by Crippen LogP contribution is -2.20. The first-order chi connectivity index (χ1) is 6.92. The van der Waals surface area contributed by atoms with Crippen LogP contribution >= 0.6 is 11.8 Å². The number of benzene rings is 1. The summed E-state index contributed by atoms with van der Waals surface area (Å²) in [6.07, 6.45) is 2.59. The summed E-state index contributed by atoms with van der Waals surface area (Å²) in [4.78, 5) is 1.47. The van der Waals surface area contributed by atoms with Crippen LogP contribution in [-0.2, 0) is 0 Å². The lowest BCUT2D eigenvalue weighted by Gasteiger charge is -2.17. The largest absolute Gasteiger partial charge is 0.310 e. The molecular weight excluding hydrogens is 190 g/mol. The highest BCUT2D eigenvalue weighted by Crippen LogP contribution is 2.34. The zero-order valence-corrected chi connectivity index (χ0v) is 9.44. The first-order valence-corrected chi connectivity index (χ1v) is 6.35. The average molecular weight is 207 g/mol. The molecule has 1 atom stereocenters. The molecule has 0 bridgehead atoms. The van der Waals surface area contributed by atoms with Gasteiger partial charge < -0.3 is 5.32 Å². The minimum absolute atomic E-state index is 0.575. The minimum atomic E-state index is 0.575. The second-order valence-electron chi connectivity index (χ2n) is 3.64. The van der Waals surface area contributed by atoms with Gasteiger partial charge in [-0.1, -0.05) is 25.1 Å². The van der Waals surface area contributed by atoms with Crippen molar-refractivity contribution >= 4 is 11.8 Å². The van der Waals surface area contributed by atoms with Gasteiger partial charge in [0.1, 0.15) is 0 Å². The Hall–Kier alpha value is -0.470. The molecule has 76 valence electrons. The van der Waals surface area contributed by atoms with Gasteiger partial charge in [0.15, 0.2) is 0 Å². The lowest BCUT2D eigenvalue weighted by molar-refractivity contribution is 0.508. The van der Waals surface area contributed by atoms with E-state index in [4.69, 9.17) is 0 Å². The van der Waals surface area contributed by atoms with Gasteiger partial charge in [0.2, 0.25) is 0 Å². The van der Waals surface area contributed by atoms with Crippen LogP contribution in [0.15, 0.2) is 29.2 Å². The SMILES string of the molecule is CCNC1CCCSc2ccccc21. The molecule has 0 fully saturated rings. The predicted molar refractivity (Wildman–Crippen MR) is 62.8 cm³/mol. The van der Waals surface area contributed by atoms with E-state index in [2.05, 4.69) is 36.5 Å². The summed E-state index contributed by atoms with van der Waals surface area (Å²) >= 11 is 2.00. The Bertz CT molecular complexity index is 298. The molecule has 0 spiro atoms. The highest BCUT2D eigenvalue weighted by molar-refractivity contribution is 7.99. The first-order valence-electron chi connectivity index (χ1n) is 5.37. The molecule has 1 nitrogen and oxygen atoms in total. The fraction of sp³-hybridized carbons (Fsp3) is 0.500. The maximum atomic E-state index is 3.57. The molecular formula is C12H17NS. The Morgan fingerprint density at radius 3 is 3.14 bits per heavy atom. The van der Waals surface area contributed by atoms with E-state index in [0.717, 1.165) is 6.54 Å². The maximum absolute atomic E-state index is 3.57. The number of fused-ring (bicyclic) bond motifs is 1. The van der Waals surface area contributed by atoms with E-state index >= 15 is 0 Å². The molecule has 0 aliphatic carbocycles. The molecule has 0 amide bonds. The van der Waals surface area contributed by atoms with Crippen molar-refractivity contribution in [2.45, 2.75) is 30.7 Å². The third kappa shape index (κ3) is 2.12. The van der Waals surface area contributed by atoms with E-state index in [1.54, 1.807) is 0 Å². The average Bonchev–Trinajstić information content (AvgIpc) is 2.42. The standard InChI is InChI=1S/C12H17NS/c1-2-13-11-7-5-9-14-12-8-4-3-6-10(11)12/h3-4,6,8,11,13H,2,5,7,9H2,1H3. The number of thioether (sulfide) groups is 1. The van der Waals surface area contributed by atoms with E-state index in [0.29, 0.717) is 6.04 Å². The molecule has 2 heteroatoms. The smallest absolute Gasteiger partial charge is 0.0331 e. The summed E-state index contributed by atoms with van der Waals surface area (Å²) < 4.78 is 0. The second-order valence-corrected chi connectivity index (χ2v) is 4.78. The quantitative estimate of drug-likeness (QED) is 0.799. The summed E-state index contributed by atoms with van der Waals surface area (Å²) in [5, 5.41) is 3.57. The summed E-state index contributed by atoms with van der Waals surface area (Å²) in [5.74, 6) is 1.26. The zero-order chi connectivity index (χ0) is 9.80. The number of rotatable bonds is 2. The van der Waals surface area contributed by atoms with Crippen molar-refractivity contribution in [2.24, 2.45) is 0 Å². The van der Waals surface area contributed by atoms with Gasteiger partial charge >= 0.3 is 0 Å². The van der Waals surface area contributed by atoms with E-state index in [1.807, 2.05) is 11.8 Å². The van der Waals surface area contributed by atoms with Crippen LogP contribution in [0.2, 0.25) is 0 Å². The Kier molecular flexibility index (Phi) is 3.49. The van der Waals surface area contributed by atoms with Gasteiger partial charge in [-0.15, -0.1) is 11.8 Å². The summed E-state index contributed by atoms with van der Waals surface area (Å²) in [6, 6.07) is 9.37. The fourth-order valence-electron chi connectivity index (χ4n) is 1.98. The molecule has 1 aromatic rings. The van der Waals surface area contributed by atoms with Gasteiger partial charge in [-0.05, 0) is 36.8 Å². The van der Waals surface area contributed by atoms with Crippen LogP contribution in [0, 0.1) is 0 Å². The molecule has 2 rings (SSSR count). The van der Waals surface area contributed by atoms with Gasteiger partial charge in [-0.25, -0.2) is 0 Å². The van der Waals surface area contributed by atoms with Crippen molar-refractivity contribution < 1.29 is 0 Å². The highest BCUT2D eigenvalue weighted by atomic mass is 32.2.